The summed E-state index contributed by atoms with van der Waals surface area (Å²) < 4.78 is 0. The second kappa shape index (κ2) is 8.89. The van der Waals surface area contributed by atoms with Gasteiger partial charge in [-0.15, -0.1) is 11.3 Å². The van der Waals surface area contributed by atoms with Crippen molar-refractivity contribution < 1.29 is 4.79 Å². The van der Waals surface area contributed by atoms with Gasteiger partial charge in [0.05, 0.1) is 6.54 Å². The van der Waals surface area contributed by atoms with E-state index in [1.807, 2.05) is 35.4 Å². The summed E-state index contributed by atoms with van der Waals surface area (Å²) in [4.78, 5) is 19.6. The number of rotatable bonds is 8. The fourth-order valence-electron chi connectivity index (χ4n) is 3.53. The maximum Gasteiger partial charge on any atom is 0.223 e. The summed E-state index contributed by atoms with van der Waals surface area (Å²) in [6.07, 6.45) is 4.20. The summed E-state index contributed by atoms with van der Waals surface area (Å²) in [5.41, 5.74) is 3.61. The molecule has 0 radical (unpaired) electrons. The van der Waals surface area contributed by atoms with Crippen molar-refractivity contribution >= 4 is 28.1 Å². The Hall–Kier alpha value is -2.85. The molecule has 0 unspecified atom stereocenters. The van der Waals surface area contributed by atoms with Crippen LogP contribution in [0.15, 0.2) is 78.3 Å². The number of aromatic nitrogens is 1. The van der Waals surface area contributed by atoms with Gasteiger partial charge in [0, 0.05) is 34.9 Å². The molecule has 4 aromatic rings. The number of H-pyrrole nitrogens is 1. The van der Waals surface area contributed by atoms with E-state index >= 15 is 0 Å². The molecule has 0 aliphatic rings. The van der Waals surface area contributed by atoms with E-state index in [-0.39, 0.29) is 5.91 Å². The van der Waals surface area contributed by atoms with Gasteiger partial charge in [-0.1, -0.05) is 54.6 Å². The van der Waals surface area contributed by atoms with Crippen LogP contribution >= 0.6 is 11.3 Å². The minimum Gasteiger partial charge on any atom is -0.361 e. The highest BCUT2D eigenvalue weighted by Gasteiger charge is 2.15. The van der Waals surface area contributed by atoms with Crippen LogP contribution in [0.4, 0.5) is 0 Å². The fourth-order valence-corrected chi connectivity index (χ4v) is 4.25. The van der Waals surface area contributed by atoms with Crippen LogP contribution in [0.5, 0.6) is 0 Å². The number of fused-ring (bicyclic) bond motifs is 1. The maximum absolute atomic E-state index is 13.0. The number of para-hydroxylation sites is 1. The SMILES string of the molecule is O=C(CCc1c[nH]c2ccccc12)N(CCc1ccccc1)Cc1cccs1. The molecule has 1 amide bonds. The van der Waals surface area contributed by atoms with E-state index in [2.05, 4.69) is 52.8 Å². The number of hydrogen-bond donors (Lipinski definition) is 1. The number of benzene rings is 2. The lowest BCUT2D eigenvalue weighted by Crippen LogP contribution is -2.32. The standard InChI is InChI=1S/C24H24N2OS/c27-24(13-12-20-17-25-23-11-5-4-10-22(20)23)26(18-21-9-6-16-28-21)15-14-19-7-2-1-3-8-19/h1-11,16-17,25H,12-15,18H2. The average molecular weight is 389 g/mol. The van der Waals surface area contributed by atoms with Crippen LogP contribution in [0.3, 0.4) is 0 Å². The molecule has 0 aliphatic heterocycles. The lowest BCUT2D eigenvalue weighted by Gasteiger charge is -2.22. The van der Waals surface area contributed by atoms with E-state index in [4.69, 9.17) is 0 Å². The summed E-state index contributed by atoms with van der Waals surface area (Å²) in [5, 5.41) is 3.28. The van der Waals surface area contributed by atoms with Crippen LogP contribution in [0.1, 0.15) is 22.4 Å². The molecule has 2 aromatic carbocycles. The summed E-state index contributed by atoms with van der Waals surface area (Å²) in [7, 11) is 0. The van der Waals surface area contributed by atoms with Gasteiger partial charge in [-0.25, -0.2) is 0 Å². The zero-order valence-electron chi connectivity index (χ0n) is 15.8. The third-order valence-corrected chi connectivity index (χ3v) is 5.94. The molecule has 3 nitrogen and oxygen atoms in total. The van der Waals surface area contributed by atoms with Crippen LogP contribution in [-0.2, 0) is 24.2 Å². The molecule has 0 spiro atoms. The third-order valence-electron chi connectivity index (χ3n) is 5.08. The largest absolute Gasteiger partial charge is 0.361 e. The van der Waals surface area contributed by atoms with Crippen molar-refractivity contribution in [3.05, 3.63) is 94.3 Å². The Bertz CT molecular complexity index is 1020. The smallest absolute Gasteiger partial charge is 0.223 e. The van der Waals surface area contributed by atoms with E-state index in [0.717, 1.165) is 24.9 Å². The first-order chi connectivity index (χ1) is 13.8. The second-order valence-corrected chi connectivity index (χ2v) is 8.02. The third kappa shape index (κ3) is 4.52. The number of nitrogens with zero attached hydrogens (tertiary/aromatic N) is 1. The zero-order chi connectivity index (χ0) is 19.2. The van der Waals surface area contributed by atoms with Crippen LogP contribution in [0, 0.1) is 0 Å². The highest BCUT2D eigenvalue weighted by atomic mass is 32.1. The molecule has 0 atom stereocenters. The minimum absolute atomic E-state index is 0.217. The molecule has 0 aliphatic carbocycles. The lowest BCUT2D eigenvalue weighted by atomic mass is 10.1. The molecule has 142 valence electrons. The van der Waals surface area contributed by atoms with E-state index in [0.29, 0.717) is 13.0 Å². The number of hydrogen-bond acceptors (Lipinski definition) is 2. The summed E-state index contributed by atoms with van der Waals surface area (Å²) in [6, 6.07) is 22.8. The first-order valence-electron chi connectivity index (χ1n) is 9.68. The average Bonchev–Trinajstić information content (AvgIpc) is 3.40. The molecule has 28 heavy (non-hydrogen) atoms. The van der Waals surface area contributed by atoms with Gasteiger partial charge in [-0.2, -0.15) is 0 Å². The van der Waals surface area contributed by atoms with Crippen molar-refractivity contribution in [2.45, 2.75) is 25.8 Å². The van der Waals surface area contributed by atoms with Crippen molar-refractivity contribution in [1.29, 1.82) is 0 Å². The normalized spacial score (nSPS) is 11.0. The molecule has 4 rings (SSSR count). The van der Waals surface area contributed by atoms with Crippen molar-refractivity contribution in [3.8, 4) is 0 Å². The fraction of sp³-hybridized carbons (Fsp3) is 0.208. The van der Waals surface area contributed by atoms with Gasteiger partial charge in [0.25, 0.3) is 0 Å². The number of carbonyl (C=O) groups is 1. The van der Waals surface area contributed by atoms with E-state index in [1.165, 1.54) is 21.4 Å². The van der Waals surface area contributed by atoms with E-state index < -0.39 is 0 Å². The minimum atomic E-state index is 0.217. The molecule has 2 heterocycles. The second-order valence-electron chi connectivity index (χ2n) is 6.99. The predicted molar refractivity (Wildman–Crippen MR) is 117 cm³/mol. The molecule has 4 heteroatoms. The molecule has 0 fully saturated rings. The molecular formula is C24H24N2OS. The maximum atomic E-state index is 13.0. The van der Waals surface area contributed by atoms with Gasteiger partial charge >= 0.3 is 0 Å². The van der Waals surface area contributed by atoms with Gasteiger partial charge in [-0.05, 0) is 41.5 Å². The molecule has 2 aromatic heterocycles. The Morgan fingerprint density at radius 3 is 2.57 bits per heavy atom. The Kier molecular flexibility index (Phi) is 5.88. The Labute approximate surface area is 169 Å². The molecule has 0 saturated heterocycles. The lowest BCUT2D eigenvalue weighted by molar-refractivity contribution is -0.131. The highest BCUT2D eigenvalue weighted by Crippen LogP contribution is 2.20. The zero-order valence-corrected chi connectivity index (χ0v) is 16.6. The summed E-state index contributed by atoms with van der Waals surface area (Å²) in [6.45, 7) is 1.44. The van der Waals surface area contributed by atoms with Crippen molar-refractivity contribution in [2.75, 3.05) is 6.54 Å². The molecule has 0 saturated carbocycles. The van der Waals surface area contributed by atoms with Gasteiger partial charge in [0.2, 0.25) is 5.91 Å². The first-order valence-corrected chi connectivity index (χ1v) is 10.6. The number of thiophene rings is 1. The van der Waals surface area contributed by atoms with Crippen molar-refractivity contribution in [3.63, 3.8) is 0 Å². The molecule has 1 N–H and O–H groups in total. The van der Waals surface area contributed by atoms with E-state index in [1.54, 1.807) is 11.3 Å². The number of nitrogens with one attached hydrogen (secondary N) is 1. The topological polar surface area (TPSA) is 36.1 Å². The van der Waals surface area contributed by atoms with Gasteiger partial charge in [-0.3, -0.25) is 4.79 Å². The van der Waals surface area contributed by atoms with Crippen LogP contribution in [0.25, 0.3) is 10.9 Å². The Morgan fingerprint density at radius 1 is 0.929 bits per heavy atom. The number of carbonyl (C=O) groups excluding carboxylic acids is 1. The van der Waals surface area contributed by atoms with Crippen LogP contribution < -0.4 is 0 Å². The predicted octanol–water partition coefficient (Wildman–Crippen LogP) is 5.43. The number of aromatic amines is 1. The van der Waals surface area contributed by atoms with Crippen molar-refractivity contribution in [1.82, 2.24) is 9.88 Å². The first kappa shape index (κ1) is 18.5. The van der Waals surface area contributed by atoms with Crippen LogP contribution in [-0.4, -0.2) is 22.3 Å². The summed E-state index contributed by atoms with van der Waals surface area (Å²) >= 11 is 1.71. The Morgan fingerprint density at radius 2 is 1.75 bits per heavy atom. The summed E-state index contributed by atoms with van der Waals surface area (Å²) in [5.74, 6) is 0.217. The van der Waals surface area contributed by atoms with Crippen molar-refractivity contribution in [2.24, 2.45) is 0 Å². The van der Waals surface area contributed by atoms with E-state index in [9.17, 15) is 4.79 Å². The molecule has 0 bridgehead atoms. The number of aryl methyl sites for hydroxylation is 1. The molecular weight excluding hydrogens is 364 g/mol. The highest BCUT2D eigenvalue weighted by molar-refractivity contribution is 7.09. The van der Waals surface area contributed by atoms with Gasteiger partial charge in [0.15, 0.2) is 0 Å². The Balaban J connectivity index is 1.42. The monoisotopic (exact) mass is 388 g/mol. The van der Waals surface area contributed by atoms with Crippen LogP contribution in [0.2, 0.25) is 0 Å². The quantitative estimate of drug-likeness (QED) is 0.429. The number of amides is 1. The van der Waals surface area contributed by atoms with Gasteiger partial charge in [0.1, 0.15) is 0 Å². The van der Waals surface area contributed by atoms with Gasteiger partial charge < -0.3 is 9.88 Å².